The van der Waals surface area contributed by atoms with Gasteiger partial charge in [-0.15, -0.1) is 0 Å². The Kier molecular flexibility index (Phi) is 16.4. The van der Waals surface area contributed by atoms with E-state index in [1.807, 2.05) is 0 Å². The van der Waals surface area contributed by atoms with Gasteiger partial charge in [-0.1, -0.05) is 64.0 Å². The van der Waals surface area contributed by atoms with E-state index in [2.05, 4.69) is 6.92 Å². The van der Waals surface area contributed by atoms with Crippen LogP contribution in [0, 0.1) is 0 Å². The van der Waals surface area contributed by atoms with Crippen molar-refractivity contribution in [1.29, 1.82) is 0 Å². The summed E-state index contributed by atoms with van der Waals surface area (Å²) in [7, 11) is 0. The first-order valence-electron chi connectivity index (χ1n) is 11.1. The third kappa shape index (κ3) is 13.7. The molecule has 0 fully saturated rings. The van der Waals surface area contributed by atoms with E-state index in [-0.39, 0.29) is 6.10 Å². The maximum atomic E-state index is 11.2. The van der Waals surface area contributed by atoms with Gasteiger partial charge in [0.05, 0.1) is 6.10 Å². The standard InChI is InChI=1S/C22H41NO7/c1-3-4-5-10-13-17(25)14-11-8-6-7-9-12-15-18(26)21(30-16(2)24)20(27)19(23)22(28)29/h12,15,17-21,25-27H,3-11,13-14,23H2,1-2H3,(H,28,29)/b15-12+/t17?,18-,19-,20+,21+/m1/s1. The molecule has 0 bridgehead atoms. The number of carboxylic acid groups (broad SMARTS) is 1. The Balaban J connectivity index is 4.13. The van der Waals surface area contributed by atoms with Crippen LogP contribution >= 0.6 is 0 Å². The lowest BCUT2D eigenvalue weighted by Gasteiger charge is -2.27. The van der Waals surface area contributed by atoms with E-state index in [1.165, 1.54) is 25.3 Å². The molecule has 0 aromatic heterocycles. The number of ether oxygens (including phenoxy) is 1. The van der Waals surface area contributed by atoms with Crippen LogP contribution in [0.25, 0.3) is 0 Å². The molecule has 0 aliphatic carbocycles. The number of rotatable bonds is 18. The van der Waals surface area contributed by atoms with Crippen molar-refractivity contribution in [1.82, 2.24) is 0 Å². The van der Waals surface area contributed by atoms with Gasteiger partial charge in [0.2, 0.25) is 0 Å². The van der Waals surface area contributed by atoms with Crippen LogP contribution < -0.4 is 5.73 Å². The fraction of sp³-hybridized carbons (Fsp3) is 0.818. The SMILES string of the molecule is CCCCCCC(O)CCCCCC/C=C/[C@@H](O)[C@H](OC(C)=O)[C@@H](O)[C@@H](N)C(=O)O. The molecule has 0 aliphatic heterocycles. The van der Waals surface area contributed by atoms with Crippen molar-refractivity contribution >= 4 is 11.9 Å². The number of carbonyl (C=O) groups excluding carboxylic acids is 1. The monoisotopic (exact) mass is 431 g/mol. The number of esters is 1. The number of aliphatic hydroxyl groups is 3. The average molecular weight is 432 g/mol. The molecule has 0 rings (SSSR count). The van der Waals surface area contributed by atoms with Crippen molar-refractivity contribution < 1.29 is 34.8 Å². The fourth-order valence-corrected chi connectivity index (χ4v) is 3.18. The number of nitrogens with two attached hydrogens (primary N) is 1. The molecule has 1 unspecified atom stereocenters. The van der Waals surface area contributed by atoms with E-state index >= 15 is 0 Å². The summed E-state index contributed by atoms with van der Waals surface area (Å²) in [5.41, 5.74) is 5.36. The molecule has 0 aromatic rings. The first-order valence-corrected chi connectivity index (χ1v) is 11.1. The Bertz CT molecular complexity index is 498. The second kappa shape index (κ2) is 17.2. The molecule has 0 aromatic carbocycles. The maximum absolute atomic E-state index is 11.2. The molecule has 0 saturated heterocycles. The van der Waals surface area contributed by atoms with Gasteiger partial charge in [0, 0.05) is 6.92 Å². The summed E-state index contributed by atoms with van der Waals surface area (Å²) < 4.78 is 4.86. The lowest BCUT2D eigenvalue weighted by Crippen LogP contribution is -2.53. The molecule has 8 heteroatoms. The van der Waals surface area contributed by atoms with Gasteiger partial charge >= 0.3 is 11.9 Å². The van der Waals surface area contributed by atoms with Crippen molar-refractivity contribution in [3.8, 4) is 0 Å². The molecule has 0 spiro atoms. The maximum Gasteiger partial charge on any atom is 0.323 e. The first-order chi connectivity index (χ1) is 14.2. The van der Waals surface area contributed by atoms with Crippen LogP contribution in [0.5, 0.6) is 0 Å². The second-order valence-electron chi connectivity index (χ2n) is 7.84. The summed E-state index contributed by atoms with van der Waals surface area (Å²) >= 11 is 0. The summed E-state index contributed by atoms with van der Waals surface area (Å²) in [6, 6.07) is -1.68. The van der Waals surface area contributed by atoms with Gasteiger partial charge in [0.15, 0.2) is 6.10 Å². The van der Waals surface area contributed by atoms with E-state index < -0.39 is 36.3 Å². The highest BCUT2D eigenvalue weighted by Crippen LogP contribution is 2.14. The van der Waals surface area contributed by atoms with Crippen molar-refractivity contribution in [2.45, 2.75) is 115 Å². The van der Waals surface area contributed by atoms with Crippen molar-refractivity contribution in [3.05, 3.63) is 12.2 Å². The molecule has 8 nitrogen and oxygen atoms in total. The van der Waals surface area contributed by atoms with Gasteiger partial charge in [0.1, 0.15) is 18.2 Å². The molecule has 30 heavy (non-hydrogen) atoms. The highest BCUT2D eigenvalue weighted by atomic mass is 16.6. The predicted octanol–water partition coefficient (Wildman–Crippen LogP) is 2.28. The molecule has 0 heterocycles. The number of allylic oxidation sites excluding steroid dienone is 1. The Morgan fingerprint density at radius 2 is 1.53 bits per heavy atom. The number of carboxylic acids is 1. The van der Waals surface area contributed by atoms with Crippen LogP contribution in [0.3, 0.4) is 0 Å². The lowest BCUT2D eigenvalue weighted by atomic mass is 10.00. The van der Waals surface area contributed by atoms with E-state index in [1.54, 1.807) is 6.08 Å². The van der Waals surface area contributed by atoms with Crippen molar-refractivity contribution in [3.63, 3.8) is 0 Å². The summed E-state index contributed by atoms with van der Waals surface area (Å²) in [4.78, 5) is 22.1. The quantitative estimate of drug-likeness (QED) is 0.126. The number of aliphatic hydroxyl groups excluding tert-OH is 3. The minimum Gasteiger partial charge on any atom is -0.480 e. The lowest BCUT2D eigenvalue weighted by molar-refractivity contribution is -0.164. The summed E-state index contributed by atoms with van der Waals surface area (Å²) in [5, 5.41) is 39.0. The van der Waals surface area contributed by atoms with Gasteiger partial charge < -0.3 is 30.9 Å². The molecule has 0 amide bonds. The molecule has 0 radical (unpaired) electrons. The molecule has 0 aliphatic rings. The number of hydrogen-bond acceptors (Lipinski definition) is 7. The van der Waals surface area contributed by atoms with Gasteiger partial charge in [-0.3, -0.25) is 9.59 Å². The van der Waals surface area contributed by atoms with Crippen LogP contribution in [0.4, 0.5) is 0 Å². The molecular formula is C22H41NO7. The summed E-state index contributed by atoms with van der Waals surface area (Å²) in [6.07, 6.45) is 9.29. The third-order valence-electron chi connectivity index (χ3n) is 5.01. The van der Waals surface area contributed by atoms with E-state index in [9.17, 15) is 24.9 Å². The molecule has 0 saturated carbocycles. The normalized spacial score (nSPS) is 16.7. The second-order valence-corrected chi connectivity index (χ2v) is 7.84. The largest absolute Gasteiger partial charge is 0.480 e. The Hall–Kier alpha value is -1.48. The van der Waals surface area contributed by atoms with Gasteiger partial charge in [0.25, 0.3) is 0 Å². The Labute approximate surface area is 180 Å². The fourth-order valence-electron chi connectivity index (χ4n) is 3.18. The topological polar surface area (TPSA) is 150 Å². The summed E-state index contributed by atoms with van der Waals surface area (Å²) in [5.74, 6) is -2.21. The van der Waals surface area contributed by atoms with Gasteiger partial charge in [-0.25, -0.2) is 0 Å². The van der Waals surface area contributed by atoms with Crippen LogP contribution in [-0.4, -0.2) is 62.8 Å². The zero-order chi connectivity index (χ0) is 22.9. The van der Waals surface area contributed by atoms with Gasteiger partial charge in [-0.2, -0.15) is 0 Å². The van der Waals surface area contributed by atoms with E-state index in [4.69, 9.17) is 15.6 Å². The molecular weight excluding hydrogens is 390 g/mol. The van der Waals surface area contributed by atoms with Crippen LogP contribution in [0.1, 0.15) is 84.5 Å². The highest BCUT2D eigenvalue weighted by Gasteiger charge is 2.36. The number of aliphatic carboxylic acids is 1. The minimum absolute atomic E-state index is 0.210. The van der Waals surface area contributed by atoms with E-state index in [0.29, 0.717) is 6.42 Å². The average Bonchev–Trinajstić information content (AvgIpc) is 2.69. The zero-order valence-electron chi connectivity index (χ0n) is 18.4. The Morgan fingerprint density at radius 1 is 0.967 bits per heavy atom. The van der Waals surface area contributed by atoms with Gasteiger partial charge in [-0.05, 0) is 25.7 Å². The number of hydrogen-bond donors (Lipinski definition) is 5. The van der Waals surface area contributed by atoms with Crippen LogP contribution in [0.15, 0.2) is 12.2 Å². The molecule has 176 valence electrons. The number of carbonyl (C=O) groups is 2. The third-order valence-corrected chi connectivity index (χ3v) is 5.01. The number of unbranched alkanes of at least 4 members (excludes halogenated alkanes) is 7. The Morgan fingerprint density at radius 3 is 2.07 bits per heavy atom. The zero-order valence-corrected chi connectivity index (χ0v) is 18.4. The van der Waals surface area contributed by atoms with Crippen LogP contribution in [-0.2, 0) is 14.3 Å². The van der Waals surface area contributed by atoms with E-state index in [0.717, 1.165) is 51.9 Å². The minimum atomic E-state index is -1.74. The van der Waals surface area contributed by atoms with Crippen molar-refractivity contribution in [2.75, 3.05) is 0 Å². The summed E-state index contributed by atoms with van der Waals surface area (Å²) in [6.45, 7) is 3.27. The van der Waals surface area contributed by atoms with Crippen LogP contribution in [0.2, 0.25) is 0 Å². The highest BCUT2D eigenvalue weighted by molar-refractivity contribution is 5.74. The smallest absolute Gasteiger partial charge is 0.323 e. The first kappa shape index (κ1) is 28.5. The predicted molar refractivity (Wildman–Crippen MR) is 115 cm³/mol. The molecule has 5 atom stereocenters. The molecule has 6 N–H and O–H groups in total. The van der Waals surface area contributed by atoms with Crippen molar-refractivity contribution in [2.24, 2.45) is 5.73 Å².